The quantitative estimate of drug-likeness (QED) is 0.461. The zero-order valence-electron chi connectivity index (χ0n) is 17.9. The van der Waals surface area contributed by atoms with Gasteiger partial charge in [0.2, 0.25) is 0 Å². The normalized spacial score (nSPS) is 14.8. The number of methoxy groups -OCH3 is 1. The third kappa shape index (κ3) is 3.57. The van der Waals surface area contributed by atoms with Crippen molar-refractivity contribution in [2.45, 2.75) is 20.8 Å². The van der Waals surface area contributed by atoms with E-state index in [9.17, 15) is 9.59 Å². The van der Waals surface area contributed by atoms with Crippen molar-refractivity contribution in [1.29, 1.82) is 0 Å². The molecule has 31 heavy (non-hydrogen) atoms. The molecule has 1 amide bonds. The summed E-state index contributed by atoms with van der Waals surface area (Å²) in [6.07, 6.45) is 1.86. The molecule has 0 atom stereocenters. The van der Waals surface area contributed by atoms with Gasteiger partial charge in [-0.15, -0.1) is 0 Å². The van der Waals surface area contributed by atoms with Crippen LogP contribution in [0.2, 0.25) is 0 Å². The lowest BCUT2D eigenvalue weighted by Crippen LogP contribution is -2.21. The third-order valence-electron chi connectivity index (χ3n) is 5.38. The molecule has 0 N–H and O–H groups in total. The minimum Gasteiger partial charge on any atom is -0.465 e. The Morgan fingerprint density at radius 2 is 1.68 bits per heavy atom. The molecule has 0 radical (unpaired) electrons. The van der Waals surface area contributed by atoms with Gasteiger partial charge in [0, 0.05) is 11.4 Å². The average molecular weight is 413 g/mol. The Morgan fingerprint density at radius 1 is 1.00 bits per heavy atom. The van der Waals surface area contributed by atoms with Gasteiger partial charge >= 0.3 is 5.97 Å². The van der Waals surface area contributed by atoms with Gasteiger partial charge in [-0.2, -0.15) is 10.1 Å². The van der Waals surface area contributed by atoms with Crippen molar-refractivity contribution in [1.82, 2.24) is 4.57 Å². The van der Waals surface area contributed by atoms with Gasteiger partial charge in [0.25, 0.3) is 5.91 Å². The number of esters is 1. The maximum Gasteiger partial charge on any atom is 0.339 e. The Labute approximate surface area is 181 Å². The lowest BCUT2D eigenvalue weighted by Gasteiger charge is -2.13. The van der Waals surface area contributed by atoms with Crippen LogP contribution < -0.4 is 5.01 Å². The molecule has 0 fully saturated rings. The zero-order valence-corrected chi connectivity index (χ0v) is 17.9. The summed E-state index contributed by atoms with van der Waals surface area (Å²) in [4.78, 5) is 25.3. The number of anilines is 1. The van der Waals surface area contributed by atoms with E-state index in [4.69, 9.17) is 4.74 Å². The number of benzene rings is 2. The summed E-state index contributed by atoms with van der Waals surface area (Å²) in [6.45, 7) is 5.77. The third-order valence-corrected chi connectivity index (χ3v) is 5.38. The molecule has 2 heterocycles. The van der Waals surface area contributed by atoms with E-state index in [2.05, 4.69) is 5.10 Å². The van der Waals surface area contributed by atoms with Crippen LogP contribution >= 0.6 is 0 Å². The number of aryl methyl sites for hydroxylation is 1. The molecule has 6 nitrogen and oxygen atoms in total. The summed E-state index contributed by atoms with van der Waals surface area (Å²) in [5.74, 6) is -0.557. The molecule has 1 aliphatic rings. The number of rotatable bonds is 4. The largest absolute Gasteiger partial charge is 0.465 e. The van der Waals surface area contributed by atoms with Crippen molar-refractivity contribution < 1.29 is 14.3 Å². The Bertz CT molecular complexity index is 1240. The molecule has 0 saturated heterocycles. The first-order valence-corrected chi connectivity index (χ1v) is 9.95. The lowest BCUT2D eigenvalue weighted by atomic mass is 10.1. The molecule has 0 aliphatic carbocycles. The molecular formula is C25H23N3O3. The monoisotopic (exact) mass is 413 g/mol. The van der Waals surface area contributed by atoms with Crippen LogP contribution in [0.3, 0.4) is 0 Å². The Balaban J connectivity index is 1.76. The number of nitrogens with zero attached hydrogens (tertiary/aromatic N) is 3. The highest BCUT2D eigenvalue weighted by atomic mass is 16.5. The van der Waals surface area contributed by atoms with E-state index in [1.807, 2.05) is 86.0 Å². The predicted molar refractivity (Wildman–Crippen MR) is 122 cm³/mol. The van der Waals surface area contributed by atoms with Crippen LogP contribution in [0.25, 0.3) is 11.8 Å². The number of hydrogen-bond donors (Lipinski definition) is 0. The molecule has 0 unspecified atom stereocenters. The summed E-state index contributed by atoms with van der Waals surface area (Å²) >= 11 is 0. The van der Waals surface area contributed by atoms with Crippen LogP contribution in [0.4, 0.5) is 5.69 Å². The zero-order chi connectivity index (χ0) is 22.1. The molecule has 0 spiro atoms. The van der Waals surface area contributed by atoms with Crippen molar-refractivity contribution in [3.63, 3.8) is 0 Å². The number of aromatic nitrogens is 1. The smallest absolute Gasteiger partial charge is 0.339 e. The summed E-state index contributed by atoms with van der Waals surface area (Å²) < 4.78 is 6.94. The number of amides is 1. The molecule has 1 aromatic heterocycles. The molecule has 3 aromatic rings. The van der Waals surface area contributed by atoms with Crippen molar-refractivity contribution in [3.05, 3.63) is 88.8 Å². The van der Waals surface area contributed by atoms with Gasteiger partial charge in [-0.3, -0.25) is 4.79 Å². The van der Waals surface area contributed by atoms with Crippen LogP contribution in [-0.2, 0) is 9.53 Å². The minimum atomic E-state index is -0.393. The van der Waals surface area contributed by atoms with Gasteiger partial charge in [-0.05, 0) is 62.7 Å². The molecular weight excluding hydrogens is 390 g/mol. The predicted octanol–water partition coefficient (Wildman–Crippen LogP) is 4.69. The first kappa shape index (κ1) is 20.3. The second kappa shape index (κ2) is 8.07. The highest BCUT2D eigenvalue weighted by molar-refractivity contribution is 6.32. The lowest BCUT2D eigenvalue weighted by molar-refractivity contribution is -0.114. The van der Waals surface area contributed by atoms with E-state index < -0.39 is 5.97 Å². The Morgan fingerprint density at radius 3 is 2.39 bits per heavy atom. The highest BCUT2D eigenvalue weighted by Gasteiger charge is 2.29. The molecule has 156 valence electrons. The molecule has 0 bridgehead atoms. The molecule has 0 saturated carbocycles. The van der Waals surface area contributed by atoms with E-state index in [0.717, 1.165) is 28.3 Å². The van der Waals surface area contributed by atoms with Crippen LogP contribution in [0.5, 0.6) is 0 Å². The van der Waals surface area contributed by atoms with E-state index in [-0.39, 0.29) is 5.91 Å². The van der Waals surface area contributed by atoms with Gasteiger partial charge in [-0.25, -0.2) is 4.79 Å². The fourth-order valence-corrected chi connectivity index (χ4v) is 3.84. The molecule has 6 heteroatoms. The second-order valence-corrected chi connectivity index (χ2v) is 7.37. The number of carbonyl (C=O) groups excluding carboxylic acids is 2. The SMILES string of the molecule is COC(=O)c1ccccc1-n1c(C)cc(/C=C2/C(=O)N(c3ccccc3)N=C2C)c1C. The fraction of sp³-hybridized carbons (Fsp3) is 0.160. The van der Waals surface area contributed by atoms with Crippen molar-refractivity contribution in [2.75, 3.05) is 12.1 Å². The van der Waals surface area contributed by atoms with E-state index in [1.165, 1.54) is 12.1 Å². The van der Waals surface area contributed by atoms with Crippen molar-refractivity contribution >= 4 is 29.4 Å². The van der Waals surface area contributed by atoms with Gasteiger partial charge in [-0.1, -0.05) is 30.3 Å². The highest BCUT2D eigenvalue weighted by Crippen LogP contribution is 2.28. The first-order chi connectivity index (χ1) is 14.9. The number of carbonyl (C=O) groups is 2. The van der Waals surface area contributed by atoms with Gasteiger partial charge < -0.3 is 9.30 Å². The van der Waals surface area contributed by atoms with E-state index in [1.54, 1.807) is 6.07 Å². The number of ether oxygens (including phenoxy) is 1. The topological polar surface area (TPSA) is 63.9 Å². The molecule has 2 aromatic carbocycles. The first-order valence-electron chi connectivity index (χ1n) is 9.95. The second-order valence-electron chi connectivity index (χ2n) is 7.37. The molecule has 1 aliphatic heterocycles. The van der Waals surface area contributed by atoms with Gasteiger partial charge in [0.15, 0.2) is 0 Å². The van der Waals surface area contributed by atoms with Crippen LogP contribution in [0.1, 0.15) is 34.2 Å². The van der Waals surface area contributed by atoms with Crippen LogP contribution in [0, 0.1) is 13.8 Å². The van der Waals surface area contributed by atoms with Crippen molar-refractivity contribution in [2.24, 2.45) is 5.10 Å². The number of para-hydroxylation sites is 2. The van der Waals surface area contributed by atoms with Gasteiger partial charge in [0.05, 0.1) is 35.3 Å². The van der Waals surface area contributed by atoms with Crippen LogP contribution in [-0.4, -0.2) is 29.3 Å². The van der Waals surface area contributed by atoms with Crippen molar-refractivity contribution in [3.8, 4) is 5.69 Å². The summed E-state index contributed by atoms with van der Waals surface area (Å²) in [7, 11) is 1.37. The standard InChI is InChI=1S/C25H23N3O3/c1-16-14-19(18(3)27(16)23-13-9-8-12-21(23)25(30)31-4)15-22-17(2)26-28(24(22)29)20-10-6-5-7-11-20/h5-15H,1-4H3/b22-15+. The number of hydrogen-bond acceptors (Lipinski definition) is 4. The summed E-state index contributed by atoms with van der Waals surface area (Å²) in [5, 5.41) is 5.87. The minimum absolute atomic E-state index is 0.163. The Hall–Kier alpha value is -3.93. The van der Waals surface area contributed by atoms with Crippen LogP contribution in [0.15, 0.2) is 71.3 Å². The van der Waals surface area contributed by atoms with E-state index >= 15 is 0 Å². The maximum atomic E-state index is 13.1. The summed E-state index contributed by atoms with van der Waals surface area (Å²) in [5.41, 5.74) is 5.91. The number of hydrazone groups is 1. The molecule has 4 rings (SSSR count). The summed E-state index contributed by atoms with van der Waals surface area (Å²) in [6, 6.07) is 18.7. The average Bonchev–Trinajstić information content (AvgIpc) is 3.23. The van der Waals surface area contributed by atoms with Gasteiger partial charge in [0.1, 0.15) is 0 Å². The maximum absolute atomic E-state index is 13.1. The fourth-order valence-electron chi connectivity index (χ4n) is 3.84. The van der Waals surface area contributed by atoms with E-state index in [0.29, 0.717) is 16.8 Å². The Kier molecular flexibility index (Phi) is 5.29.